The number of esters is 1. The summed E-state index contributed by atoms with van der Waals surface area (Å²) < 4.78 is 24.2. The summed E-state index contributed by atoms with van der Waals surface area (Å²) in [7, 11) is -1.88. The minimum atomic E-state index is -1.88. The van der Waals surface area contributed by atoms with Gasteiger partial charge in [0.1, 0.15) is 0 Å². The molecule has 215 valence electrons. The molecule has 2 rings (SSSR count). The molecule has 37 heavy (non-hydrogen) atoms. The number of hydrogen-bond acceptors (Lipinski definition) is 6. The van der Waals surface area contributed by atoms with Crippen LogP contribution in [0.4, 0.5) is 0 Å². The Morgan fingerprint density at radius 1 is 1.03 bits per heavy atom. The number of rotatable bonds is 15. The van der Waals surface area contributed by atoms with E-state index in [1.807, 2.05) is 13.8 Å². The molecule has 2 aliphatic rings. The quantitative estimate of drug-likeness (QED) is 0.111. The first kappa shape index (κ1) is 36.0. The van der Waals surface area contributed by atoms with Crippen LogP contribution in [0.2, 0.25) is 18.1 Å². The topological polar surface area (TPSA) is 74.2 Å². The summed E-state index contributed by atoms with van der Waals surface area (Å²) in [5.74, 6) is 0.349. The molecule has 2 fully saturated rings. The number of ether oxygens (including phenoxy) is 3. The fourth-order valence-corrected chi connectivity index (χ4v) is 6.20. The van der Waals surface area contributed by atoms with Gasteiger partial charge in [-0.3, -0.25) is 4.79 Å². The molecule has 1 radical (unpaired) electrons. The van der Waals surface area contributed by atoms with Crippen LogP contribution in [0.5, 0.6) is 0 Å². The molecule has 6 nitrogen and oxygen atoms in total. The van der Waals surface area contributed by atoms with Crippen molar-refractivity contribution in [3.8, 4) is 0 Å². The van der Waals surface area contributed by atoms with Gasteiger partial charge in [0, 0.05) is 76.0 Å². The van der Waals surface area contributed by atoms with E-state index in [9.17, 15) is 9.90 Å². The summed E-state index contributed by atoms with van der Waals surface area (Å²) in [5.41, 5.74) is 0. The summed E-state index contributed by atoms with van der Waals surface area (Å²) >= 11 is 0. The van der Waals surface area contributed by atoms with E-state index in [2.05, 4.69) is 33.9 Å². The first-order valence-electron chi connectivity index (χ1n) is 14.7. The molecule has 0 aromatic carbocycles. The number of carbonyl (C=O) groups is 1. The van der Waals surface area contributed by atoms with Crippen LogP contribution in [0.25, 0.3) is 0 Å². The molecule has 1 aliphatic heterocycles. The van der Waals surface area contributed by atoms with Crippen LogP contribution in [0.15, 0.2) is 0 Å². The van der Waals surface area contributed by atoms with Gasteiger partial charge in [-0.1, -0.05) is 52.9 Å². The predicted octanol–water partition coefficient (Wildman–Crippen LogP) is 6.99. The summed E-state index contributed by atoms with van der Waals surface area (Å²) in [4.78, 5) is 11.6. The minimum absolute atomic E-state index is 0. The monoisotopic (exact) mass is 755 g/mol. The zero-order chi connectivity index (χ0) is 26.8. The van der Waals surface area contributed by atoms with E-state index in [1.165, 1.54) is 6.42 Å². The summed E-state index contributed by atoms with van der Waals surface area (Å²) in [6.45, 7) is 16.6. The second-order valence-electron chi connectivity index (χ2n) is 12.9. The van der Waals surface area contributed by atoms with E-state index in [0.29, 0.717) is 19.4 Å². The molecule has 0 amide bonds. The molecule has 1 heterocycles. The fourth-order valence-electron chi connectivity index (χ4n) is 5.16. The molecule has 5 atom stereocenters. The molecule has 8 heteroatoms. The van der Waals surface area contributed by atoms with Crippen molar-refractivity contribution in [1.29, 1.82) is 0 Å². The Kier molecular flexibility index (Phi) is 17.2. The minimum Gasteiger partial charge on any atom is -0.463 e. The average molecular weight is 756 g/mol. The Morgan fingerprint density at radius 3 is 2.27 bits per heavy atom. The van der Waals surface area contributed by atoms with E-state index in [0.717, 1.165) is 64.4 Å². The molecule has 0 bridgehead atoms. The van der Waals surface area contributed by atoms with E-state index in [1.54, 1.807) is 0 Å². The van der Waals surface area contributed by atoms with E-state index < -0.39 is 8.32 Å². The maximum absolute atomic E-state index is 11.6. The van der Waals surface area contributed by atoms with Gasteiger partial charge >= 0.3 is 5.97 Å². The fraction of sp³-hybridized carbons (Fsp3) is 0.966. The molecular weight excluding hydrogens is 699 g/mol. The molecule has 1 saturated carbocycles. The Hall–Kier alpha value is 0.968. The van der Waals surface area contributed by atoms with Crippen molar-refractivity contribution in [2.75, 3.05) is 13.2 Å². The average Bonchev–Trinajstić information content (AvgIpc) is 3.07. The number of hydrogen-bond donors (Lipinski definition) is 1. The zero-order valence-electron chi connectivity index (χ0n) is 24.9. The van der Waals surface area contributed by atoms with Crippen molar-refractivity contribution in [1.82, 2.24) is 0 Å². The van der Waals surface area contributed by atoms with Crippen molar-refractivity contribution >= 4 is 14.3 Å². The Labute approximate surface area is 264 Å². The summed E-state index contributed by atoms with van der Waals surface area (Å²) in [6, 6.07) is 0. The van der Waals surface area contributed by atoms with Crippen molar-refractivity contribution < 1.29 is 72.6 Å². The van der Waals surface area contributed by atoms with Gasteiger partial charge in [-0.2, -0.15) is 0 Å². The maximum atomic E-state index is 11.6. The largest absolute Gasteiger partial charge is 0.463 e. The standard InChI is InChI=1S/C29H56O6Si.Ac/c1-22(2)34-27(31)17-13-11-9-8-10-12-16-23-24(21-33-36(6,7)29(3,4)5)26(20-25(23)30)35-28-18-14-15-19-32-28;/h22-26,28,30H,8-21H2,1-7H3;/t23?,24-,25?,26?,28?;/m1./s1. The van der Waals surface area contributed by atoms with Crippen LogP contribution in [-0.4, -0.2) is 57.2 Å². The predicted molar refractivity (Wildman–Crippen MR) is 147 cm³/mol. The SMILES string of the molecule is CC(C)OC(=O)CCCCCCCCC1C(O)CC(OC2CCCCO2)[C@@H]1CO[Si](C)(C)C(C)(C)C.[Ac]. The number of carbonyl (C=O) groups excluding carboxylic acids is 1. The van der Waals surface area contributed by atoms with Gasteiger partial charge in [0.15, 0.2) is 14.6 Å². The van der Waals surface area contributed by atoms with Crippen LogP contribution in [0.3, 0.4) is 0 Å². The third kappa shape index (κ3) is 13.0. The smallest absolute Gasteiger partial charge is 0.306 e. The molecule has 0 aromatic heterocycles. The van der Waals surface area contributed by atoms with Gasteiger partial charge < -0.3 is 23.7 Å². The van der Waals surface area contributed by atoms with Crippen molar-refractivity contribution in [2.24, 2.45) is 11.8 Å². The molecule has 0 aromatic rings. The molecule has 1 N–H and O–H groups in total. The normalized spacial score (nSPS) is 26.8. The second kappa shape index (κ2) is 17.7. The second-order valence-corrected chi connectivity index (χ2v) is 17.7. The third-order valence-corrected chi connectivity index (χ3v) is 12.9. The number of aliphatic hydroxyl groups is 1. The molecule has 1 saturated heterocycles. The van der Waals surface area contributed by atoms with Crippen molar-refractivity contribution in [3.63, 3.8) is 0 Å². The Bertz CT molecular complexity index is 632. The van der Waals surface area contributed by atoms with Gasteiger partial charge in [-0.15, -0.1) is 0 Å². The Morgan fingerprint density at radius 2 is 1.68 bits per heavy atom. The van der Waals surface area contributed by atoms with Crippen LogP contribution in [-0.2, 0) is 23.4 Å². The van der Waals surface area contributed by atoms with Crippen LogP contribution >= 0.6 is 0 Å². The molecule has 1 aliphatic carbocycles. The van der Waals surface area contributed by atoms with Gasteiger partial charge in [-0.05, 0) is 70.0 Å². The van der Waals surface area contributed by atoms with Crippen molar-refractivity contribution in [3.05, 3.63) is 0 Å². The summed E-state index contributed by atoms with van der Waals surface area (Å²) in [6.07, 6.45) is 11.5. The molecular formula is C29H56AcO6Si. The number of unbranched alkanes of at least 4 members (excludes halogenated alkanes) is 5. The maximum Gasteiger partial charge on any atom is 0.306 e. The number of aliphatic hydroxyl groups excluding tert-OH is 1. The van der Waals surface area contributed by atoms with E-state index in [4.69, 9.17) is 18.6 Å². The summed E-state index contributed by atoms with van der Waals surface area (Å²) in [5, 5.41) is 11.2. The van der Waals surface area contributed by atoms with Gasteiger partial charge in [0.25, 0.3) is 0 Å². The molecule has 0 spiro atoms. The van der Waals surface area contributed by atoms with Gasteiger partial charge in [0.05, 0.1) is 18.3 Å². The van der Waals surface area contributed by atoms with Crippen LogP contribution < -0.4 is 0 Å². The zero-order valence-corrected chi connectivity index (χ0v) is 30.7. The van der Waals surface area contributed by atoms with E-state index in [-0.39, 0.29) is 91.5 Å². The van der Waals surface area contributed by atoms with Gasteiger partial charge in [0.2, 0.25) is 0 Å². The third-order valence-electron chi connectivity index (χ3n) is 8.44. The first-order valence-corrected chi connectivity index (χ1v) is 17.6. The Balaban J connectivity index is 0.00000684. The van der Waals surface area contributed by atoms with Crippen LogP contribution in [0, 0.1) is 55.9 Å². The van der Waals surface area contributed by atoms with Gasteiger partial charge in [-0.25, -0.2) is 0 Å². The molecule has 4 unspecified atom stereocenters. The van der Waals surface area contributed by atoms with E-state index >= 15 is 0 Å². The first-order chi connectivity index (χ1) is 16.9. The van der Waals surface area contributed by atoms with Crippen molar-refractivity contribution in [2.45, 2.75) is 154 Å². The van der Waals surface area contributed by atoms with Crippen LogP contribution in [0.1, 0.15) is 112 Å².